The molecule has 5 nitrogen and oxygen atoms in total. The number of carbonyl (C=O) groups excluding carboxylic acids is 1. The second-order valence-corrected chi connectivity index (χ2v) is 7.63. The number of carbonyl (C=O) groups is 1. The highest BCUT2D eigenvalue weighted by molar-refractivity contribution is 7.89. The highest BCUT2D eigenvalue weighted by Crippen LogP contribution is 2.24. The minimum atomic E-state index is -3.99. The molecule has 1 heterocycles. The molecule has 1 fully saturated rings. The van der Waals surface area contributed by atoms with Crippen molar-refractivity contribution in [2.45, 2.75) is 17.7 Å². The third-order valence-corrected chi connectivity index (χ3v) is 5.87. The first-order valence-electron chi connectivity index (χ1n) is 7.74. The third kappa shape index (κ3) is 3.69. The van der Waals surface area contributed by atoms with E-state index in [0.29, 0.717) is 13.1 Å². The first-order valence-corrected chi connectivity index (χ1v) is 9.18. The summed E-state index contributed by atoms with van der Waals surface area (Å²) in [5.41, 5.74) is 0.196. The van der Waals surface area contributed by atoms with Crippen LogP contribution in [0.4, 0.5) is 14.5 Å². The van der Waals surface area contributed by atoms with Crippen LogP contribution in [0.5, 0.6) is 0 Å². The summed E-state index contributed by atoms with van der Waals surface area (Å²) < 4.78 is 53.5. The van der Waals surface area contributed by atoms with E-state index in [2.05, 4.69) is 5.32 Å². The van der Waals surface area contributed by atoms with Gasteiger partial charge in [-0.15, -0.1) is 0 Å². The summed E-state index contributed by atoms with van der Waals surface area (Å²) in [6, 6.07) is 8.43. The Morgan fingerprint density at radius 1 is 1.04 bits per heavy atom. The number of hydrogen-bond acceptors (Lipinski definition) is 3. The molecule has 1 saturated heterocycles. The van der Waals surface area contributed by atoms with Crippen LogP contribution in [-0.4, -0.2) is 31.7 Å². The van der Waals surface area contributed by atoms with Gasteiger partial charge in [0.25, 0.3) is 5.91 Å². The molecular formula is C17H16F2N2O3S. The smallest absolute Gasteiger partial charge is 0.255 e. The number of amides is 1. The van der Waals surface area contributed by atoms with Crippen molar-refractivity contribution < 1.29 is 22.0 Å². The van der Waals surface area contributed by atoms with E-state index < -0.39 is 32.5 Å². The van der Waals surface area contributed by atoms with Crippen molar-refractivity contribution in [3.05, 3.63) is 59.7 Å². The van der Waals surface area contributed by atoms with Crippen molar-refractivity contribution in [1.82, 2.24) is 4.31 Å². The molecule has 1 amide bonds. The SMILES string of the molecule is O=C(Nc1cccc(F)c1)c1ccc(F)c(S(=O)(=O)N2CCCC2)c1. The summed E-state index contributed by atoms with van der Waals surface area (Å²) in [5, 5.41) is 2.46. The third-order valence-electron chi connectivity index (χ3n) is 3.96. The van der Waals surface area contributed by atoms with E-state index in [1.165, 1.54) is 28.6 Å². The van der Waals surface area contributed by atoms with Crippen LogP contribution in [0.25, 0.3) is 0 Å². The molecule has 0 aromatic heterocycles. The summed E-state index contributed by atoms with van der Waals surface area (Å²) >= 11 is 0. The predicted octanol–water partition coefficient (Wildman–Crippen LogP) is 3.00. The van der Waals surface area contributed by atoms with Crippen molar-refractivity contribution >= 4 is 21.6 Å². The van der Waals surface area contributed by atoms with E-state index in [0.717, 1.165) is 31.0 Å². The highest BCUT2D eigenvalue weighted by Gasteiger charge is 2.30. The van der Waals surface area contributed by atoms with E-state index in [4.69, 9.17) is 0 Å². The highest BCUT2D eigenvalue weighted by atomic mass is 32.2. The van der Waals surface area contributed by atoms with Crippen molar-refractivity contribution in [2.24, 2.45) is 0 Å². The van der Waals surface area contributed by atoms with E-state index in [9.17, 15) is 22.0 Å². The molecule has 8 heteroatoms. The molecule has 0 spiro atoms. The van der Waals surface area contributed by atoms with Gasteiger partial charge in [0.1, 0.15) is 16.5 Å². The number of sulfonamides is 1. The van der Waals surface area contributed by atoms with Crippen molar-refractivity contribution in [3.8, 4) is 0 Å². The lowest BCUT2D eigenvalue weighted by Gasteiger charge is -2.16. The Balaban J connectivity index is 1.89. The normalized spacial score (nSPS) is 15.3. The molecule has 2 aromatic carbocycles. The second kappa shape index (κ2) is 6.89. The first kappa shape index (κ1) is 17.5. The Morgan fingerprint density at radius 2 is 1.76 bits per heavy atom. The zero-order chi connectivity index (χ0) is 18.0. The van der Waals surface area contributed by atoms with Gasteiger partial charge >= 0.3 is 0 Å². The van der Waals surface area contributed by atoms with Gasteiger partial charge in [0.2, 0.25) is 10.0 Å². The molecule has 0 aliphatic carbocycles. The van der Waals surface area contributed by atoms with E-state index >= 15 is 0 Å². The molecule has 1 aliphatic heterocycles. The van der Waals surface area contributed by atoms with Crippen LogP contribution in [-0.2, 0) is 10.0 Å². The lowest BCUT2D eigenvalue weighted by Crippen LogP contribution is -2.29. The van der Waals surface area contributed by atoms with Crippen LogP contribution in [0.1, 0.15) is 23.2 Å². The van der Waals surface area contributed by atoms with Gasteiger partial charge in [-0.25, -0.2) is 17.2 Å². The lowest BCUT2D eigenvalue weighted by molar-refractivity contribution is 0.102. The van der Waals surface area contributed by atoms with E-state index in [1.807, 2.05) is 0 Å². The Labute approximate surface area is 144 Å². The van der Waals surface area contributed by atoms with Crippen LogP contribution < -0.4 is 5.32 Å². The zero-order valence-electron chi connectivity index (χ0n) is 13.2. The average Bonchev–Trinajstić information content (AvgIpc) is 3.10. The molecular weight excluding hydrogens is 350 g/mol. The van der Waals surface area contributed by atoms with Crippen LogP contribution in [0, 0.1) is 11.6 Å². The maximum absolute atomic E-state index is 14.1. The van der Waals surface area contributed by atoms with Crippen LogP contribution >= 0.6 is 0 Å². The summed E-state index contributed by atoms with van der Waals surface area (Å²) in [6.07, 6.45) is 1.45. The Morgan fingerprint density at radius 3 is 2.44 bits per heavy atom. The molecule has 2 aromatic rings. The Bertz CT molecular complexity index is 910. The monoisotopic (exact) mass is 366 g/mol. The summed E-state index contributed by atoms with van der Waals surface area (Å²) in [6.45, 7) is 0.670. The fourth-order valence-electron chi connectivity index (χ4n) is 2.68. The number of nitrogens with one attached hydrogen (secondary N) is 1. The van der Waals surface area contributed by atoms with Gasteiger partial charge in [-0.3, -0.25) is 4.79 Å². The average molecular weight is 366 g/mol. The first-order chi connectivity index (χ1) is 11.9. The van der Waals surface area contributed by atoms with Crippen LogP contribution in [0.3, 0.4) is 0 Å². The summed E-state index contributed by atoms with van der Waals surface area (Å²) in [7, 11) is -3.99. The van der Waals surface area contributed by atoms with Gasteiger partial charge in [-0.05, 0) is 49.2 Å². The molecule has 0 bridgehead atoms. The maximum atomic E-state index is 14.1. The zero-order valence-corrected chi connectivity index (χ0v) is 14.0. The number of halogens is 2. The molecule has 0 atom stereocenters. The fourth-order valence-corrected chi connectivity index (χ4v) is 4.29. The minimum absolute atomic E-state index is 0.0246. The molecule has 25 heavy (non-hydrogen) atoms. The van der Waals surface area contributed by atoms with Gasteiger partial charge in [0.05, 0.1) is 0 Å². The van der Waals surface area contributed by atoms with E-state index in [-0.39, 0.29) is 11.3 Å². The number of benzene rings is 2. The van der Waals surface area contributed by atoms with Crippen LogP contribution in [0.15, 0.2) is 47.4 Å². The molecule has 0 unspecified atom stereocenters. The Kier molecular flexibility index (Phi) is 4.82. The molecule has 3 rings (SSSR count). The quantitative estimate of drug-likeness (QED) is 0.905. The number of anilines is 1. The summed E-state index contributed by atoms with van der Waals surface area (Å²) in [5.74, 6) is -2.08. The molecule has 0 radical (unpaired) electrons. The second-order valence-electron chi connectivity index (χ2n) is 5.72. The molecule has 0 saturated carbocycles. The topological polar surface area (TPSA) is 66.5 Å². The number of nitrogens with zero attached hydrogens (tertiary/aromatic N) is 1. The molecule has 1 N–H and O–H groups in total. The standard InChI is InChI=1S/C17H16F2N2O3S/c18-13-4-3-5-14(11-13)20-17(22)12-6-7-15(19)16(10-12)25(23,24)21-8-1-2-9-21/h3-7,10-11H,1-2,8-9H2,(H,20,22). The number of rotatable bonds is 4. The van der Waals surface area contributed by atoms with Crippen LogP contribution in [0.2, 0.25) is 0 Å². The van der Waals surface area contributed by atoms with Gasteiger partial charge in [-0.1, -0.05) is 6.07 Å². The lowest BCUT2D eigenvalue weighted by atomic mass is 10.2. The van der Waals surface area contributed by atoms with Crippen molar-refractivity contribution in [1.29, 1.82) is 0 Å². The largest absolute Gasteiger partial charge is 0.322 e. The molecule has 1 aliphatic rings. The Hall–Kier alpha value is -2.32. The van der Waals surface area contributed by atoms with Gasteiger partial charge in [-0.2, -0.15) is 4.31 Å². The van der Waals surface area contributed by atoms with Crippen molar-refractivity contribution in [3.63, 3.8) is 0 Å². The predicted molar refractivity (Wildman–Crippen MR) is 88.7 cm³/mol. The van der Waals surface area contributed by atoms with Gasteiger partial charge < -0.3 is 5.32 Å². The summed E-state index contributed by atoms with van der Waals surface area (Å²) in [4.78, 5) is 11.7. The maximum Gasteiger partial charge on any atom is 0.255 e. The fraction of sp³-hybridized carbons (Fsp3) is 0.235. The molecule has 132 valence electrons. The van der Waals surface area contributed by atoms with E-state index in [1.54, 1.807) is 0 Å². The van der Waals surface area contributed by atoms with Crippen molar-refractivity contribution in [2.75, 3.05) is 18.4 Å². The van der Waals surface area contributed by atoms with Gasteiger partial charge in [0.15, 0.2) is 0 Å². The van der Waals surface area contributed by atoms with Gasteiger partial charge in [0, 0.05) is 24.3 Å². The minimum Gasteiger partial charge on any atom is -0.322 e. The number of hydrogen-bond donors (Lipinski definition) is 1.